The van der Waals surface area contributed by atoms with Gasteiger partial charge in [-0.2, -0.15) is 0 Å². The van der Waals surface area contributed by atoms with Gasteiger partial charge in [-0.25, -0.2) is 4.98 Å². The summed E-state index contributed by atoms with van der Waals surface area (Å²) in [5.41, 5.74) is 1.09. The van der Waals surface area contributed by atoms with Gasteiger partial charge in [-0.15, -0.1) is 0 Å². The zero-order chi connectivity index (χ0) is 13.3. The Hall–Kier alpha value is -0.520. The highest BCUT2D eigenvalue weighted by Crippen LogP contribution is 2.44. The van der Waals surface area contributed by atoms with Crippen LogP contribution in [-0.2, 0) is 18.4 Å². The van der Waals surface area contributed by atoms with Crippen LogP contribution in [-0.4, -0.2) is 32.1 Å². The fraction of sp³-hybridized carbons (Fsp3) is 0.786. The molecular formula is C14H22N2O2S. The van der Waals surface area contributed by atoms with Gasteiger partial charge in [0.25, 0.3) is 0 Å². The minimum Gasteiger partial charge on any atom is -0.390 e. The molecule has 1 saturated heterocycles. The topological polar surface area (TPSA) is 47.3 Å². The first-order valence-corrected chi connectivity index (χ1v) is 8.13. The highest BCUT2D eigenvalue weighted by atomic mass is 32.2. The number of aliphatic hydroxyl groups is 1. The van der Waals surface area contributed by atoms with Crippen LogP contribution in [0.2, 0.25) is 0 Å². The maximum absolute atomic E-state index is 9.16. The van der Waals surface area contributed by atoms with E-state index in [-0.39, 0.29) is 12.2 Å². The average molecular weight is 282 g/mol. The van der Waals surface area contributed by atoms with E-state index in [4.69, 9.17) is 9.84 Å². The fourth-order valence-electron chi connectivity index (χ4n) is 3.27. The number of aliphatic hydroxyl groups excluding tert-OH is 1. The molecule has 1 aromatic rings. The number of rotatable bonds is 4. The molecule has 2 heterocycles. The van der Waals surface area contributed by atoms with E-state index < -0.39 is 0 Å². The lowest BCUT2D eigenvalue weighted by Gasteiger charge is -2.23. The van der Waals surface area contributed by atoms with Crippen LogP contribution >= 0.6 is 11.8 Å². The van der Waals surface area contributed by atoms with Crippen molar-refractivity contribution in [1.82, 2.24) is 9.55 Å². The molecule has 106 valence electrons. The molecule has 1 unspecified atom stereocenters. The van der Waals surface area contributed by atoms with Crippen molar-refractivity contribution in [3.05, 3.63) is 11.9 Å². The van der Waals surface area contributed by atoms with E-state index in [1.54, 1.807) is 18.0 Å². The second-order valence-corrected chi connectivity index (χ2v) is 6.72. The monoisotopic (exact) mass is 282 g/mol. The van der Waals surface area contributed by atoms with Gasteiger partial charge in [-0.1, -0.05) is 24.6 Å². The SMILES string of the molecule is Cn1c(CO)cnc1SCC1CCC2(CCCC2)O1. The van der Waals surface area contributed by atoms with Crippen LogP contribution < -0.4 is 0 Å². The summed E-state index contributed by atoms with van der Waals surface area (Å²) in [6.07, 6.45) is 9.72. The average Bonchev–Trinajstić information content (AvgIpc) is 3.11. The van der Waals surface area contributed by atoms with E-state index in [2.05, 4.69) is 4.98 Å². The lowest BCUT2D eigenvalue weighted by Crippen LogP contribution is -2.25. The zero-order valence-corrected chi connectivity index (χ0v) is 12.3. The zero-order valence-electron chi connectivity index (χ0n) is 11.5. The summed E-state index contributed by atoms with van der Waals surface area (Å²) < 4.78 is 8.26. The lowest BCUT2D eigenvalue weighted by molar-refractivity contribution is -0.0267. The summed E-state index contributed by atoms with van der Waals surface area (Å²) in [6, 6.07) is 0. The second kappa shape index (κ2) is 5.46. The minimum absolute atomic E-state index is 0.0487. The Morgan fingerprint density at radius 2 is 2.26 bits per heavy atom. The Labute approximate surface area is 118 Å². The lowest BCUT2D eigenvalue weighted by atomic mass is 9.98. The first-order chi connectivity index (χ1) is 9.22. The van der Waals surface area contributed by atoms with Crippen molar-refractivity contribution in [3.63, 3.8) is 0 Å². The molecule has 0 bridgehead atoms. The standard InChI is InChI=1S/C14H22N2O2S/c1-16-11(9-17)8-15-13(16)19-10-12-4-7-14(18-12)5-2-3-6-14/h8,12,17H,2-7,9-10H2,1H3. The molecule has 0 radical (unpaired) electrons. The van der Waals surface area contributed by atoms with Crippen molar-refractivity contribution < 1.29 is 9.84 Å². The third-order valence-corrected chi connectivity index (χ3v) is 5.63. The van der Waals surface area contributed by atoms with E-state index in [1.807, 2.05) is 11.6 Å². The van der Waals surface area contributed by atoms with Gasteiger partial charge in [-0.05, 0) is 25.7 Å². The Bertz CT molecular complexity index is 441. The summed E-state index contributed by atoms with van der Waals surface area (Å²) in [5, 5.41) is 10.1. The largest absolute Gasteiger partial charge is 0.390 e. The van der Waals surface area contributed by atoms with Crippen LogP contribution in [0, 0.1) is 0 Å². The predicted molar refractivity (Wildman–Crippen MR) is 75.2 cm³/mol. The predicted octanol–water partition coefficient (Wildman–Crippen LogP) is 2.50. The molecule has 1 aliphatic heterocycles. The van der Waals surface area contributed by atoms with Crippen molar-refractivity contribution in [2.24, 2.45) is 7.05 Å². The highest BCUT2D eigenvalue weighted by molar-refractivity contribution is 7.99. The molecule has 4 nitrogen and oxygen atoms in total. The molecule has 1 aromatic heterocycles. The number of thioether (sulfide) groups is 1. The van der Waals surface area contributed by atoms with Crippen LogP contribution in [0.1, 0.15) is 44.2 Å². The maximum Gasteiger partial charge on any atom is 0.168 e. The fourth-order valence-corrected chi connectivity index (χ4v) is 4.28. The molecule has 5 heteroatoms. The van der Waals surface area contributed by atoms with Crippen molar-refractivity contribution >= 4 is 11.8 Å². The van der Waals surface area contributed by atoms with Gasteiger partial charge < -0.3 is 14.4 Å². The minimum atomic E-state index is 0.0487. The summed E-state index contributed by atoms with van der Waals surface area (Å²) in [5.74, 6) is 0.970. The molecule has 3 rings (SSSR count). The number of ether oxygens (including phenoxy) is 1. The quantitative estimate of drug-likeness (QED) is 0.862. The summed E-state index contributed by atoms with van der Waals surface area (Å²) in [6.45, 7) is 0.0487. The van der Waals surface area contributed by atoms with Crippen molar-refractivity contribution in [1.29, 1.82) is 0 Å². The molecule has 1 N–H and O–H groups in total. The molecule has 2 aliphatic rings. The Kier molecular flexibility index (Phi) is 3.87. The number of imidazole rings is 1. The van der Waals surface area contributed by atoms with Crippen LogP contribution in [0.3, 0.4) is 0 Å². The van der Waals surface area contributed by atoms with Gasteiger partial charge >= 0.3 is 0 Å². The number of aromatic nitrogens is 2. The number of hydrogen-bond donors (Lipinski definition) is 1. The van der Waals surface area contributed by atoms with Crippen LogP contribution in [0.25, 0.3) is 0 Å². The number of hydrogen-bond acceptors (Lipinski definition) is 4. The van der Waals surface area contributed by atoms with Gasteiger partial charge in [0.1, 0.15) is 0 Å². The van der Waals surface area contributed by atoms with Gasteiger partial charge in [0, 0.05) is 12.8 Å². The molecule has 0 amide bonds. The third kappa shape index (κ3) is 2.69. The Morgan fingerprint density at radius 1 is 1.47 bits per heavy atom. The summed E-state index contributed by atoms with van der Waals surface area (Å²) in [7, 11) is 1.95. The number of nitrogens with zero attached hydrogens (tertiary/aromatic N) is 2. The van der Waals surface area contributed by atoms with Crippen molar-refractivity contribution in [3.8, 4) is 0 Å². The van der Waals surface area contributed by atoms with E-state index >= 15 is 0 Å². The van der Waals surface area contributed by atoms with E-state index in [1.165, 1.54) is 38.5 Å². The Balaban J connectivity index is 1.54. The van der Waals surface area contributed by atoms with Crippen LogP contribution in [0.4, 0.5) is 0 Å². The first kappa shape index (κ1) is 13.5. The summed E-state index contributed by atoms with van der Waals surface area (Å²) >= 11 is 1.74. The molecule has 1 atom stereocenters. The second-order valence-electron chi connectivity index (χ2n) is 5.73. The smallest absolute Gasteiger partial charge is 0.168 e. The molecule has 1 saturated carbocycles. The van der Waals surface area contributed by atoms with Gasteiger partial charge in [0.2, 0.25) is 0 Å². The Morgan fingerprint density at radius 3 is 2.95 bits per heavy atom. The third-order valence-electron chi connectivity index (χ3n) is 4.46. The van der Waals surface area contributed by atoms with Gasteiger partial charge in [0.05, 0.1) is 30.2 Å². The maximum atomic E-state index is 9.16. The van der Waals surface area contributed by atoms with E-state index in [9.17, 15) is 0 Å². The molecular weight excluding hydrogens is 260 g/mol. The molecule has 0 aromatic carbocycles. The molecule has 19 heavy (non-hydrogen) atoms. The summed E-state index contributed by atoms with van der Waals surface area (Å²) in [4.78, 5) is 4.35. The first-order valence-electron chi connectivity index (χ1n) is 7.14. The van der Waals surface area contributed by atoms with Gasteiger partial charge in [-0.3, -0.25) is 0 Å². The van der Waals surface area contributed by atoms with E-state index in [0.717, 1.165) is 16.6 Å². The molecule has 1 aliphatic carbocycles. The molecule has 2 fully saturated rings. The van der Waals surface area contributed by atoms with Gasteiger partial charge in [0.15, 0.2) is 5.16 Å². The van der Waals surface area contributed by atoms with Crippen molar-refractivity contribution in [2.75, 3.05) is 5.75 Å². The normalized spacial score (nSPS) is 25.5. The van der Waals surface area contributed by atoms with E-state index in [0.29, 0.717) is 6.10 Å². The highest BCUT2D eigenvalue weighted by Gasteiger charge is 2.42. The van der Waals surface area contributed by atoms with Crippen LogP contribution in [0.15, 0.2) is 11.4 Å². The molecule has 1 spiro atoms. The van der Waals surface area contributed by atoms with Crippen molar-refractivity contribution in [2.45, 2.75) is 62.0 Å². The van der Waals surface area contributed by atoms with Crippen LogP contribution in [0.5, 0.6) is 0 Å².